The molecular formula is C19H32N6O2. The number of amides is 1. The van der Waals surface area contributed by atoms with Crippen LogP contribution < -0.4 is 9.80 Å². The van der Waals surface area contributed by atoms with Gasteiger partial charge in [0.2, 0.25) is 11.9 Å². The lowest BCUT2D eigenvalue weighted by Crippen LogP contribution is -2.53. The van der Waals surface area contributed by atoms with E-state index in [1.54, 1.807) is 0 Å². The second kappa shape index (κ2) is 8.39. The van der Waals surface area contributed by atoms with Crippen molar-refractivity contribution in [2.24, 2.45) is 0 Å². The molecule has 1 amide bonds. The van der Waals surface area contributed by atoms with E-state index in [-0.39, 0.29) is 11.9 Å². The number of hydrogen-bond acceptors (Lipinski definition) is 7. The Morgan fingerprint density at radius 3 is 2.41 bits per heavy atom. The second-order valence-corrected chi connectivity index (χ2v) is 7.64. The fraction of sp³-hybridized carbons (Fsp3) is 0.737. The zero-order valence-corrected chi connectivity index (χ0v) is 17.2. The van der Waals surface area contributed by atoms with Crippen molar-refractivity contribution in [2.45, 2.75) is 32.4 Å². The minimum absolute atomic E-state index is 0.0704. The van der Waals surface area contributed by atoms with Crippen LogP contribution in [0, 0.1) is 0 Å². The number of morpholine rings is 1. The number of carbonyl (C=O) groups is 1. The molecule has 8 heteroatoms. The number of hydrogen-bond donors (Lipinski definition) is 0. The van der Waals surface area contributed by atoms with Gasteiger partial charge in [0.25, 0.3) is 0 Å². The van der Waals surface area contributed by atoms with Gasteiger partial charge in [-0.1, -0.05) is 6.92 Å². The number of aromatic nitrogens is 2. The van der Waals surface area contributed by atoms with Gasteiger partial charge in [0.1, 0.15) is 5.82 Å². The molecule has 0 N–H and O–H groups in total. The summed E-state index contributed by atoms with van der Waals surface area (Å²) in [7, 11) is 7.90. The first-order valence-corrected chi connectivity index (χ1v) is 9.77. The predicted octanol–water partition coefficient (Wildman–Crippen LogP) is 0.604. The fourth-order valence-electron chi connectivity index (χ4n) is 3.84. The lowest BCUT2D eigenvalue weighted by molar-refractivity contribution is -0.140. The van der Waals surface area contributed by atoms with Gasteiger partial charge in [-0.15, -0.1) is 0 Å². The number of anilines is 2. The summed E-state index contributed by atoms with van der Waals surface area (Å²) in [6.45, 7) is 6.43. The largest absolute Gasteiger partial charge is 0.379 e. The molecule has 27 heavy (non-hydrogen) atoms. The first-order chi connectivity index (χ1) is 12.9. The fourth-order valence-corrected chi connectivity index (χ4v) is 3.84. The zero-order valence-electron chi connectivity index (χ0n) is 17.2. The Bertz CT molecular complexity index is 672. The molecule has 0 aromatic carbocycles. The Morgan fingerprint density at radius 2 is 1.81 bits per heavy atom. The summed E-state index contributed by atoms with van der Waals surface area (Å²) in [4.78, 5) is 30.9. The molecule has 150 valence electrons. The smallest absolute Gasteiger partial charge is 0.240 e. The van der Waals surface area contributed by atoms with Gasteiger partial charge >= 0.3 is 0 Å². The Balaban J connectivity index is 1.83. The van der Waals surface area contributed by atoms with Crippen LogP contribution in [-0.4, -0.2) is 92.8 Å². The molecule has 0 spiro atoms. The number of nitrogens with zero attached hydrogens (tertiary/aromatic N) is 6. The van der Waals surface area contributed by atoms with Crippen molar-refractivity contribution >= 4 is 17.7 Å². The summed E-state index contributed by atoms with van der Waals surface area (Å²) < 4.78 is 5.44. The van der Waals surface area contributed by atoms with Gasteiger partial charge in [0, 0.05) is 53.4 Å². The first-order valence-electron chi connectivity index (χ1n) is 9.77. The monoisotopic (exact) mass is 376 g/mol. The third-order valence-corrected chi connectivity index (χ3v) is 5.32. The average Bonchev–Trinajstić information content (AvgIpc) is 2.67. The Morgan fingerprint density at radius 1 is 1.11 bits per heavy atom. The molecule has 2 aliphatic rings. The number of ether oxygens (including phenoxy) is 1. The Hall–Kier alpha value is -1.93. The SMILES string of the molecule is CCC(C(=O)N1CCc2c(nc(N(C)C)nc2N(C)C)C1)N1CCOCC1. The van der Waals surface area contributed by atoms with Gasteiger partial charge in [-0.2, -0.15) is 4.98 Å². The zero-order chi connectivity index (χ0) is 19.6. The van der Waals surface area contributed by atoms with E-state index in [9.17, 15) is 4.79 Å². The average molecular weight is 377 g/mol. The van der Waals surface area contributed by atoms with Crippen molar-refractivity contribution in [3.05, 3.63) is 11.3 Å². The van der Waals surface area contributed by atoms with Crippen LogP contribution in [0.15, 0.2) is 0 Å². The highest BCUT2D eigenvalue weighted by Gasteiger charge is 2.33. The van der Waals surface area contributed by atoms with Crippen molar-refractivity contribution in [1.29, 1.82) is 0 Å². The summed E-state index contributed by atoms with van der Waals surface area (Å²) >= 11 is 0. The maximum absolute atomic E-state index is 13.3. The van der Waals surface area contributed by atoms with E-state index in [2.05, 4.69) is 11.8 Å². The molecule has 1 unspecified atom stereocenters. The molecular weight excluding hydrogens is 344 g/mol. The molecule has 0 radical (unpaired) electrons. The predicted molar refractivity (Wildman–Crippen MR) is 106 cm³/mol. The van der Waals surface area contributed by atoms with Crippen molar-refractivity contribution < 1.29 is 9.53 Å². The van der Waals surface area contributed by atoms with Gasteiger partial charge in [-0.05, 0) is 12.8 Å². The molecule has 0 aliphatic carbocycles. The number of rotatable bonds is 5. The second-order valence-electron chi connectivity index (χ2n) is 7.64. The van der Waals surface area contributed by atoms with Crippen LogP contribution in [0.5, 0.6) is 0 Å². The molecule has 1 fully saturated rings. The van der Waals surface area contributed by atoms with Crippen molar-refractivity contribution in [3.63, 3.8) is 0 Å². The van der Waals surface area contributed by atoms with Gasteiger partial charge in [0.15, 0.2) is 0 Å². The quantitative estimate of drug-likeness (QED) is 0.746. The van der Waals surface area contributed by atoms with Crippen molar-refractivity contribution in [1.82, 2.24) is 19.8 Å². The normalized spacial score (nSPS) is 18.8. The van der Waals surface area contributed by atoms with E-state index in [1.807, 2.05) is 42.9 Å². The first kappa shape index (κ1) is 19.8. The molecule has 0 saturated carbocycles. The molecule has 1 aromatic heterocycles. The number of fused-ring (bicyclic) bond motifs is 1. The van der Waals surface area contributed by atoms with E-state index in [0.29, 0.717) is 25.7 Å². The molecule has 1 atom stereocenters. The van der Waals surface area contributed by atoms with Crippen molar-refractivity contribution in [3.8, 4) is 0 Å². The van der Waals surface area contributed by atoms with E-state index in [0.717, 1.165) is 49.6 Å². The Kier molecular flexibility index (Phi) is 6.16. The lowest BCUT2D eigenvalue weighted by Gasteiger charge is -2.38. The van der Waals surface area contributed by atoms with Crippen LogP contribution in [0.4, 0.5) is 11.8 Å². The van der Waals surface area contributed by atoms with Crippen LogP contribution in [0.25, 0.3) is 0 Å². The molecule has 2 aliphatic heterocycles. The van der Waals surface area contributed by atoms with Crippen LogP contribution in [0.1, 0.15) is 24.6 Å². The molecule has 3 rings (SSSR count). The molecule has 1 aromatic rings. The van der Waals surface area contributed by atoms with Crippen LogP contribution in [-0.2, 0) is 22.5 Å². The third-order valence-electron chi connectivity index (χ3n) is 5.32. The number of carbonyl (C=O) groups excluding carboxylic acids is 1. The minimum atomic E-state index is -0.0704. The Labute approximate surface area is 162 Å². The highest BCUT2D eigenvalue weighted by molar-refractivity contribution is 5.82. The summed E-state index contributed by atoms with van der Waals surface area (Å²) in [5, 5.41) is 0. The van der Waals surface area contributed by atoms with Gasteiger partial charge in [-0.3, -0.25) is 9.69 Å². The van der Waals surface area contributed by atoms with Crippen LogP contribution in [0.2, 0.25) is 0 Å². The maximum atomic E-state index is 13.3. The standard InChI is InChI=1S/C19H32N6O2/c1-6-16(24-9-11-27-12-10-24)18(26)25-8-7-14-15(13-25)20-19(23(4)5)21-17(14)22(2)3/h16H,6-13H2,1-5H3. The lowest BCUT2D eigenvalue weighted by atomic mass is 10.0. The highest BCUT2D eigenvalue weighted by Crippen LogP contribution is 2.28. The van der Waals surface area contributed by atoms with Crippen LogP contribution in [0.3, 0.4) is 0 Å². The van der Waals surface area contributed by atoms with E-state index in [1.165, 1.54) is 0 Å². The molecule has 1 saturated heterocycles. The summed E-state index contributed by atoms with van der Waals surface area (Å²) in [6.07, 6.45) is 1.61. The van der Waals surface area contributed by atoms with Gasteiger partial charge in [-0.25, -0.2) is 4.98 Å². The topological polar surface area (TPSA) is 65.0 Å². The van der Waals surface area contributed by atoms with Gasteiger partial charge in [0.05, 0.1) is 31.5 Å². The summed E-state index contributed by atoms with van der Waals surface area (Å²) in [5.41, 5.74) is 2.13. The maximum Gasteiger partial charge on any atom is 0.240 e. The van der Waals surface area contributed by atoms with Crippen molar-refractivity contribution in [2.75, 3.05) is 70.8 Å². The molecule has 8 nitrogen and oxygen atoms in total. The van der Waals surface area contributed by atoms with Gasteiger partial charge < -0.3 is 19.4 Å². The molecule has 3 heterocycles. The summed E-state index contributed by atoms with van der Waals surface area (Å²) in [5.74, 6) is 1.85. The van der Waals surface area contributed by atoms with E-state index >= 15 is 0 Å². The minimum Gasteiger partial charge on any atom is -0.379 e. The summed E-state index contributed by atoms with van der Waals surface area (Å²) in [6, 6.07) is -0.0704. The highest BCUT2D eigenvalue weighted by atomic mass is 16.5. The molecule has 0 bridgehead atoms. The third kappa shape index (κ3) is 4.16. The van der Waals surface area contributed by atoms with E-state index in [4.69, 9.17) is 14.7 Å². The van der Waals surface area contributed by atoms with Crippen LogP contribution >= 0.6 is 0 Å². The van der Waals surface area contributed by atoms with E-state index < -0.39 is 0 Å².